The lowest BCUT2D eigenvalue weighted by Gasteiger charge is -2.32. The molecule has 0 spiro atoms. The van der Waals surface area contributed by atoms with E-state index in [1.165, 1.54) is 0 Å². The van der Waals surface area contributed by atoms with Gasteiger partial charge in [-0.05, 0) is 40.7 Å². The van der Waals surface area contributed by atoms with Crippen LogP contribution in [0, 0.1) is 0 Å². The van der Waals surface area contributed by atoms with Crippen LogP contribution in [0.4, 0.5) is 0 Å². The summed E-state index contributed by atoms with van der Waals surface area (Å²) in [4.78, 5) is 4.16. The van der Waals surface area contributed by atoms with Crippen LogP contribution in [0.1, 0.15) is 34.6 Å². The second-order valence-corrected chi connectivity index (χ2v) is 5.48. The van der Waals surface area contributed by atoms with Crippen LogP contribution in [0.2, 0.25) is 0 Å². The molecule has 4 nitrogen and oxygen atoms in total. The van der Waals surface area contributed by atoms with Crippen molar-refractivity contribution < 1.29 is 14.0 Å². The highest BCUT2D eigenvalue weighted by Crippen LogP contribution is 2.36. The van der Waals surface area contributed by atoms with E-state index < -0.39 is 0 Å². The number of aromatic nitrogens is 1. The molecule has 0 N–H and O–H groups in total. The summed E-state index contributed by atoms with van der Waals surface area (Å²) in [6.45, 7) is 10.7. The van der Waals surface area contributed by atoms with E-state index >= 15 is 0 Å². The maximum Gasteiger partial charge on any atom is 0.496 e. The molecule has 0 unspecified atom stereocenters. The minimum absolute atomic E-state index is 0.334. The first-order valence-corrected chi connectivity index (χ1v) is 6.29. The molecule has 2 rings (SSSR count). The van der Waals surface area contributed by atoms with E-state index in [-0.39, 0.29) is 18.3 Å². The number of rotatable bonds is 3. The lowest BCUT2D eigenvalue weighted by atomic mass is 9.80. The van der Waals surface area contributed by atoms with Crippen LogP contribution in [0.25, 0.3) is 0 Å². The van der Waals surface area contributed by atoms with Gasteiger partial charge < -0.3 is 14.0 Å². The Morgan fingerprint density at radius 3 is 2.33 bits per heavy atom. The summed E-state index contributed by atoms with van der Waals surface area (Å²) in [6, 6.07) is 1.92. The van der Waals surface area contributed by atoms with Crippen LogP contribution >= 0.6 is 0 Å². The van der Waals surface area contributed by atoms with Gasteiger partial charge in [0.25, 0.3) is 0 Å². The molecule has 0 aliphatic carbocycles. The molecule has 1 aliphatic heterocycles. The van der Waals surface area contributed by atoms with Crippen molar-refractivity contribution in [3.8, 4) is 5.75 Å². The number of hydrogen-bond acceptors (Lipinski definition) is 4. The molecule has 0 radical (unpaired) electrons. The first kappa shape index (κ1) is 13.4. The Hall–Kier alpha value is -1.07. The highest BCUT2D eigenvalue weighted by molar-refractivity contribution is 6.62. The molecule has 2 heterocycles. The fourth-order valence-electron chi connectivity index (χ4n) is 1.79. The smallest absolute Gasteiger partial charge is 0.492 e. The van der Waals surface area contributed by atoms with Crippen LogP contribution in [-0.2, 0) is 9.31 Å². The topological polar surface area (TPSA) is 40.6 Å². The van der Waals surface area contributed by atoms with Crippen molar-refractivity contribution in [2.45, 2.75) is 45.8 Å². The van der Waals surface area contributed by atoms with Crippen LogP contribution in [0.3, 0.4) is 0 Å². The fraction of sp³-hybridized carbons (Fsp3) is 0.615. The maximum absolute atomic E-state index is 5.97. The molecule has 5 heteroatoms. The summed E-state index contributed by atoms with van der Waals surface area (Å²) in [6.07, 6.45) is 3.45. The molecule has 1 saturated heterocycles. The molecular formula is C13H20BNO3. The van der Waals surface area contributed by atoms with Crippen molar-refractivity contribution in [3.63, 3.8) is 0 Å². The Morgan fingerprint density at radius 2 is 1.78 bits per heavy atom. The summed E-state index contributed by atoms with van der Waals surface area (Å²) >= 11 is 0. The molecular weight excluding hydrogens is 229 g/mol. The zero-order chi connectivity index (χ0) is 13.4. The van der Waals surface area contributed by atoms with Gasteiger partial charge in [-0.25, -0.2) is 0 Å². The van der Waals surface area contributed by atoms with Gasteiger partial charge in [0.15, 0.2) is 0 Å². The van der Waals surface area contributed by atoms with Crippen molar-refractivity contribution >= 4 is 12.6 Å². The second-order valence-electron chi connectivity index (χ2n) is 5.48. The minimum atomic E-state index is -0.386. The molecule has 0 atom stereocenters. The normalized spacial score (nSPS) is 21.1. The van der Waals surface area contributed by atoms with Crippen molar-refractivity contribution in [2.75, 3.05) is 6.61 Å². The number of pyridine rings is 1. The predicted molar refractivity (Wildman–Crippen MR) is 71.1 cm³/mol. The third-order valence-corrected chi connectivity index (χ3v) is 3.57. The largest absolute Gasteiger partial charge is 0.496 e. The molecule has 1 fully saturated rings. The van der Waals surface area contributed by atoms with Crippen molar-refractivity contribution in [1.29, 1.82) is 0 Å². The van der Waals surface area contributed by atoms with Gasteiger partial charge >= 0.3 is 7.12 Å². The average molecular weight is 249 g/mol. The Bertz CT molecular complexity index is 418. The quantitative estimate of drug-likeness (QED) is 0.765. The highest BCUT2D eigenvalue weighted by Gasteiger charge is 2.51. The van der Waals surface area contributed by atoms with E-state index in [0.717, 1.165) is 11.2 Å². The van der Waals surface area contributed by atoms with Gasteiger partial charge in [-0.1, -0.05) is 0 Å². The third-order valence-electron chi connectivity index (χ3n) is 3.57. The third kappa shape index (κ3) is 2.38. The maximum atomic E-state index is 5.97. The van der Waals surface area contributed by atoms with E-state index in [1.807, 2.05) is 40.7 Å². The van der Waals surface area contributed by atoms with Crippen LogP contribution < -0.4 is 10.2 Å². The molecule has 18 heavy (non-hydrogen) atoms. The van der Waals surface area contributed by atoms with E-state index in [1.54, 1.807) is 12.4 Å². The first-order chi connectivity index (χ1) is 8.36. The number of hydrogen-bond donors (Lipinski definition) is 0. The zero-order valence-electron chi connectivity index (χ0n) is 11.7. The van der Waals surface area contributed by atoms with Crippen molar-refractivity contribution in [1.82, 2.24) is 4.98 Å². The van der Waals surface area contributed by atoms with Crippen LogP contribution in [-0.4, -0.2) is 29.9 Å². The highest BCUT2D eigenvalue weighted by atomic mass is 16.7. The van der Waals surface area contributed by atoms with Crippen molar-refractivity contribution in [2.24, 2.45) is 0 Å². The standard InChI is InChI=1S/C13H20BNO3/c1-6-16-11-7-10(8-15-9-11)14-17-12(2,3)13(4,5)18-14/h7-9H,6H2,1-5H3. The Kier molecular flexibility index (Phi) is 3.38. The minimum Gasteiger partial charge on any atom is -0.492 e. The number of ether oxygens (including phenoxy) is 1. The molecule has 0 saturated carbocycles. The van der Waals surface area contributed by atoms with E-state index in [2.05, 4.69) is 4.98 Å². The fourth-order valence-corrected chi connectivity index (χ4v) is 1.79. The molecule has 1 aliphatic rings. The predicted octanol–water partition coefficient (Wildman–Crippen LogP) is 1.78. The summed E-state index contributed by atoms with van der Waals surface area (Å²) in [5.41, 5.74) is 0.220. The van der Waals surface area contributed by atoms with E-state index in [0.29, 0.717) is 6.61 Å². The Morgan fingerprint density at radius 1 is 1.17 bits per heavy atom. The second kappa shape index (κ2) is 4.55. The molecule has 98 valence electrons. The van der Waals surface area contributed by atoms with Crippen molar-refractivity contribution in [3.05, 3.63) is 18.5 Å². The zero-order valence-corrected chi connectivity index (χ0v) is 11.7. The van der Waals surface area contributed by atoms with Gasteiger partial charge in [0.05, 0.1) is 24.0 Å². The summed E-state index contributed by atoms with van der Waals surface area (Å²) < 4.78 is 17.4. The lowest BCUT2D eigenvalue weighted by Crippen LogP contribution is -2.41. The van der Waals surface area contributed by atoms with Crippen LogP contribution in [0.5, 0.6) is 5.75 Å². The molecule has 1 aromatic rings. The van der Waals surface area contributed by atoms with Gasteiger partial charge in [0.1, 0.15) is 5.75 Å². The summed E-state index contributed by atoms with van der Waals surface area (Å²) in [5.74, 6) is 0.740. The first-order valence-electron chi connectivity index (χ1n) is 6.29. The van der Waals surface area contributed by atoms with Gasteiger partial charge in [0, 0.05) is 11.7 Å². The summed E-state index contributed by atoms with van der Waals surface area (Å²) in [5, 5.41) is 0. The Balaban J connectivity index is 2.21. The Labute approximate surface area is 109 Å². The molecule has 1 aromatic heterocycles. The van der Waals surface area contributed by atoms with E-state index in [9.17, 15) is 0 Å². The van der Waals surface area contributed by atoms with Gasteiger partial charge in [-0.2, -0.15) is 0 Å². The van der Waals surface area contributed by atoms with E-state index in [4.69, 9.17) is 14.0 Å². The molecule has 0 amide bonds. The monoisotopic (exact) mass is 249 g/mol. The molecule has 0 aromatic carbocycles. The number of nitrogens with zero attached hydrogens (tertiary/aromatic N) is 1. The van der Waals surface area contributed by atoms with Gasteiger partial charge in [0.2, 0.25) is 0 Å². The SMILES string of the molecule is CCOc1cncc(B2OC(C)(C)C(C)(C)O2)c1. The lowest BCUT2D eigenvalue weighted by molar-refractivity contribution is 0.00578. The molecule has 0 bridgehead atoms. The van der Waals surface area contributed by atoms with Gasteiger partial charge in [-0.15, -0.1) is 0 Å². The average Bonchev–Trinajstić information content (AvgIpc) is 2.49. The van der Waals surface area contributed by atoms with Gasteiger partial charge in [-0.3, -0.25) is 4.98 Å². The summed E-state index contributed by atoms with van der Waals surface area (Å²) in [7, 11) is -0.386. The van der Waals surface area contributed by atoms with Crippen LogP contribution in [0.15, 0.2) is 18.5 Å².